The van der Waals surface area contributed by atoms with Crippen molar-refractivity contribution in [1.29, 1.82) is 5.26 Å². The first-order valence-corrected chi connectivity index (χ1v) is 13.6. The highest BCUT2D eigenvalue weighted by molar-refractivity contribution is 8.00. The molecule has 1 atom stereocenters. The molecule has 0 fully saturated rings. The molecule has 1 aliphatic rings. The van der Waals surface area contributed by atoms with Crippen LogP contribution in [-0.4, -0.2) is 22.9 Å². The van der Waals surface area contributed by atoms with Crippen LogP contribution >= 0.6 is 34.7 Å². The molecular formula is C27H27ClN4OS2. The predicted molar refractivity (Wildman–Crippen MR) is 146 cm³/mol. The average Bonchev–Trinajstić information content (AvgIpc) is 3.18. The summed E-state index contributed by atoms with van der Waals surface area (Å²) < 4.78 is 0. The highest BCUT2D eigenvalue weighted by Gasteiger charge is 2.32. The summed E-state index contributed by atoms with van der Waals surface area (Å²) in [7, 11) is 0. The number of benzene rings is 1. The standard InChI is InChI=1S/C27H27ClN4OS2/c1-27(2,3)18-6-11-21-22(14-29)26(35-23(21)13-18)32-24(33)16-34-20-9-7-19(8-10-20)31-15-17-5-4-12-30-25(17)28/h4-5,7-10,12,15,18H,6,11,13,16H2,1-3H3,(H,32,33)/t18-/m0/s1. The maximum Gasteiger partial charge on any atom is 0.235 e. The molecule has 1 N–H and O–H groups in total. The van der Waals surface area contributed by atoms with Gasteiger partial charge in [0.15, 0.2) is 0 Å². The van der Waals surface area contributed by atoms with Crippen molar-refractivity contribution in [1.82, 2.24) is 4.98 Å². The topological polar surface area (TPSA) is 78.1 Å². The first kappa shape index (κ1) is 25.4. The van der Waals surface area contributed by atoms with E-state index in [2.05, 4.69) is 42.1 Å². The Labute approximate surface area is 219 Å². The maximum atomic E-state index is 12.7. The van der Waals surface area contributed by atoms with E-state index in [1.807, 2.05) is 36.4 Å². The van der Waals surface area contributed by atoms with Crippen LogP contribution in [0.2, 0.25) is 5.15 Å². The Balaban J connectivity index is 1.35. The van der Waals surface area contributed by atoms with Gasteiger partial charge in [-0.1, -0.05) is 32.4 Å². The number of nitriles is 1. The van der Waals surface area contributed by atoms with Gasteiger partial charge in [-0.2, -0.15) is 5.26 Å². The summed E-state index contributed by atoms with van der Waals surface area (Å²) in [6, 6.07) is 13.7. The number of carbonyl (C=O) groups is 1. The highest BCUT2D eigenvalue weighted by atomic mass is 35.5. The van der Waals surface area contributed by atoms with Gasteiger partial charge in [-0.15, -0.1) is 23.1 Å². The number of anilines is 1. The Kier molecular flexibility index (Phi) is 7.95. The minimum absolute atomic E-state index is 0.106. The molecule has 2 aromatic heterocycles. The molecule has 180 valence electrons. The van der Waals surface area contributed by atoms with Crippen LogP contribution in [0.4, 0.5) is 10.7 Å². The van der Waals surface area contributed by atoms with Crippen LogP contribution in [0.25, 0.3) is 0 Å². The van der Waals surface area contributed by atoms with Crippen LogP contribution in [0.1, 0.15) is 48.8 Å². The number of thioether (sulfide) groups is 1. The lowest BCUT2D eigenvalue weighted by molar-refractivity contribution is -0.113. The number of carbonyl (C=O) groups excluding carboxylic acids is 1. The number of halogens is 1. The molecule has 0 radical (unpaired) electrons. The van der Waals surface area contributed by atoms with Crippen molar-refractivity contribution in [2.45, 2.75) is 44.9 Å². The first-order valence-electron chi connectivity index (χ1n) is 11.5. The summed E-state index contributed by atoms with van der Waals surface area (Å²) in [5.74, 6) is 0.755. The largest absolute Gasteiger partial charge is 0.316 e. The van der Waals surface area contributed by atoms with Gasteiger partial charge in [0, 0.05) is 27.7 Å². The van der Waals surface area contributed by atoms with Crippen LogP contribution in [0.5, 0.6) is 0 Å². The lowest BCUT2D eigenvalue weighted by Gasteiger charge is -2.33. The molecule has 8 heteroatoms. The zero-order chi connectivity index (χ0) is 25.0. The molecule has 0 aliphatic heterocycles. The smallest absolute Gasteiger partial charge is 0.235 e. The SMILES string of the molecule is CC(C)(C)[C@H]1CCc2c(sc(NC(=O)CSc3ccc(N=Cc4cccnc4Cl)cc3)c2C#N)C1. The molecule has 1 aromatic carbocycles. The summed E-state index contributed by atoms with van der Waals surface area (Å²) >= 11 is 9.08. The lowest BCUT2D eigenvalue weighted by atomic mass is 9.72. The Morgan fingerprint density at radius 1 is 1.34 bits per heavy atom. The highest BCUT2D eigenvalue weighted by Crippen LogP contribution is 2.44. The number of rotatable bonds is 6. The minimum Gasteiger partial charge on any atom is -0.316 e. The van der Waals surface area contributed by atoms with Gasteiger partial charge in [0.1, 0.15) is 16.2 Å². The quantitative estimate of drug-likeness (QED) is 0.209. The number of fused-ring (bicyclic) bond motifs is 1. The van der Waals surface area contributed by atoms with Crippen molar-refractivity contribution in [2.24, 2.45) is 16.3 Å². The van der Waals surface area contributed by atoms with E-state index in [4.69, 9.17) is 11.6 Å². The van der Waals surface area contributed by atoms with Crippen LogP contribution < -0.4 is 5.32 Å². The molecule has 35 heavy (non-hydrogen) atoms. The minimum atomic E-state index is -0.106. The summed E-state index contributed by atoms with van der Waals surface area (Å²) in [5.41, 5.74) is 3.55. The van der Waals surface area contributed by atoms with Gasteiger partial charge in [-0.25, -0.2) is 4.98 Å². The number of nitrogens with one attached hydrogen (secondary N) is 1. The number of aromatic nitrogens is 1. The molecule has 0 saturated heterocycles. The Bertz CT molecular complexity index is 1290. The summed E-state index contributed by atoms with van der Waals surface area (Å²) in [6.45, 7) is 6.82. The second-order valence-corrected chi connectivity index (χ2v) is 12.1. The molecule has 1 aliphatic carbocycles. The number of hydrogen-bond donors (Lipinski definition) is 1. The van der Waals surface area contributed by atoms with E-state index in [0.717, 1.165) is 41.0 Å². The van der Waals surface area contributed by atoms with Crippen molar-refractivity contribution < 1.29 is 4.79 Å². The Hall–Kier alpha value is -2.66. The van der Waals surface area contributed by atoms with Gasteiger partial charge in [-0.05, 0) is 72.6 Å². The van der Waals surface area contributed by atoms with Crippen LogP contribution in [0.3, 0.4) is 0 Å². The van der Waals surface area contributed by atoms with Crippen LogP contribution in [-0.2, 0) is 17.6 Å². The van der Waals surface area contributed by atoms with Crippen LogP contribution in [0.15, 0.2) is 52.5 Å². The normalized spacial score (nSPS) is 15.6. The zero-order valence-electron chi connectivity index (χ0n) is 20.0. The number of pyridine rings is 1. The van der Waals surface area contributed by atoms with Gasteiger partial charge in [-0.3, -0.25) is 9.79 Å². The molecular weight excluding hydrogens is 496 g/mol. The average molecular weight is 523 g/mol. The van der Waals surface area contributed by atoms with Gasteiger partial charge in [0.25, 0.3) is 0 Å². The number of aliphatic imine (C=N–C) groups is 1. The third-order valence-corrected chi connectivity index (χ3v) is 8.70. The van der Waals surface area contributed by atoms with E-state index in [1.54, 1.807) is 23.7 Å². The molecule has 1 amide bonds. The summed E-state index contributed by atoms with van der Waals surface area (Å²) in [6.07, 6.45) is 6.29. The van der Waals surface area contributed by atoms with E-state index in [0.29, 0.717) is 21.6 Å². The third kappa shape index (κ3) is 6.32. The molecule has 0 spiro atoms. The molecule has 0 saturated carbocycles. The van der Waals surface area contributed by atoms with Crippen LogP contribution in [0, 0.1) is 22.7 Å². The Morgan fingerprint density at radius 3 is 2.80 bits per heavy atom. The summed E-state index contributed by atoms with van der Waals surface area (Å²) in [5, 5.41) is 13.8. The fourth-order valence-corrected chi connectivity index (χ4v) is 6.27. The van der Waals surface area contributed by atoms with Crippen molar-refractivity contribution in [2.75, 3.05) is 11.1 Å². The number of thiophene rings is 1. The fourth-order valence-electron chi connectivity index (χ4n) is 4.11. The van der Waals surface area contributed by atoms with Crippen molar-refractivity contribution in [3.8, 4) is 6.07 Å². The van der Waals surface area contributed by atoms with Gasteiger partial charge >= 0.3 is 0 Å². The van der Waals surface area contributed by atoms with E-state index < -0.39 is 0 Å². The molecule has 5 nitrogen and oxygen atoms in total. The van der Waals surface area contributed by atoms with E-state index in [-0.39, 0.29) is 17.1 Å². The van der Waals surface area contributed by atoms with E-state index in [9.17, 15) is 10.1 Å². The van der Waals surface area contributed by atoms with Crippen molar-refractivity contribution >= 4 is 57.5 Å². The molecule has 2 heterocycles. The predicted octanol–water partition coefficient (Wildman–Crippen LogP) is 7.30. The van der Waals surface area contributed by atoms with Gasteiger partial charge < -0.3 is 5.32 Å². The second kappa shape index (κ2) is 10.9. The first-order chi connectivity index (χ1) is 16.7. The van der Waals surface area contributed by atoms with Crippen molar-refractivity contribution in [3.05, 3.63) is 69.3 Å². The number of nitrogens with zero attached hydrogens (tertiary/aromatic N) is 3. The lowest BCUT2D eigenvalue weighted by Crippen LogP contribution is -2.26. The molecule has 0 bridgehead atoms. The second-order valence-electron chi connectivity index (χ2n) is 9.60. The summed E-state index contributed by atoms with van der Waals surface area (Å²) in [4.78, 5) is 23.4. The number of hydrogen-bond acceptors (Lipinski definition) is 6. The Morgan fingerprint density at radius 2 is 2.11 bits per heavy atom. The molecule has 0 unspecified atom stereocenters. The monoisotopic (exact) mass is 522 g/mol. The number of amides is 1. The molecule has 4 rings (SSSR count). The van der Waals surface area contributed by atoms with E-state index >= 15 is 0 Å². The van der Waals surface area contributed by atoms with E-state index in [1.165, 1.54) is 16.6 Å². The maximum absolute atomic E-state index is 12.7. The molecule has 3 aromatic rings. The third-order valence-electron chi connectivity index (χ3n) is 6.20. The fraction of sp³-hybridized carbons (Fsp3) is 0.333. The van der Waals surface area contributed by atoms with Gasteiger partial charge in [0.05, 0.1) is 17.0 Å². The van der Waals surface area contributed by atoms with Crippen molar-refractivity contribution in [3.63, 3.8) is 0 Å². The van der Waals surface area contributed by atoms with Gasteiger partial charge in [0.2, 0.25) is 5.91 Å². The zero-order valence-corrected chi connectivity index (χ0v) is 22.4.